The maximum Gasteiger partial charge on any atom is 0.334 e. The van der Waals surface area contributed by atoms with Gasteiger partial charge in [0.25, 0.3) is 10.1 Å². The molecule has 0 heterocycles. The molecule has 2 unspecified atom stereocenters. The second kappa shape index (κ2) is 11.2. The van der Waals surface area contributed by atoms with E-state index in [9.17, 15) is 27.4 Å². The number of methoxy groups -OCH3 is 1. The van der Waals surface area contributed by atoms with Crippen LogP contribution in [-0.4, -0.2) is 50.5 Å². The molecule has 9 nitrogen and oxygen atoms in total. The third-order valence-electron chi connectivity index (χ3n) is 5.05. The van der Waals surface area contributed by atoms with Crippen LogP contribution < -0.4 is 5.32 Å². The molecule has 0 spiro atoms. The topological polar surface area (TPSA) is 136 Å². The maximum absolute atomic E-state index is 12.6. The summed E-state index contributed by atoms with van der Waals surface area (Å²) < 4.78 is 43.6. The summed E-state index contributed by atoms with van der Waals surface area (Å²) in [6.07, 6.45) is -0.204. The van der Waals surface area contributed by atoms with E-state index in [4.69, 9.17) is 9.47 Å². The summed E-state index contributed by atoms with van der Waals surface area (Å²) in [7, 11) is -3.24. The molecule has 2 N–H and O–H groups in total. The zero-order chi connectivity index (χ0) is 23.9. The fourth-order valence-corrected chi connectivity index (χ4v) is 4.07. The summed E-state index contributed by atoms with van der Waals surface area (Å²) in [6, 6.07) is 9.56. The largest absolute Gasteiger partial charge is 0.464 e. The van der Waals surface area contributed by atoms with Gasteiger partial charge in [0, 0.05) is 24.8 Å². The van der Waals surface area contributed by atoms with Crippen LogP contribution in [0.3, 0.4) is 0 Å². The average Bonchev–Trinajstić information content (AvgIpc) is 2.73. The van der Waals surface area contributed by atoms with Gasteiger partial charge in [-0.3, -0.25) is 14.1 Å². The Balaban J connectivity index is 2.07. The number of nitrogens with one attached hydrogen (secondary N) is 1. The minimum absolute atomic E-state index is 0.0685. The highest BCUT2D eigenvalue weighted by molar-refractivity contribution is 7.86. The van der Waals surface area contributed by atoms with Crippen molar-refractivity contribution in [2.45, 2.75) is 44.1 Å². The SMILES string of the molecule is COC(C)C(=O)OCCCC(CC(=O)Nc1ccc2ccccc2c1S(=O)(=O)O)C(C)=O. The van der Waals surface area contributed by atoms with Gasteiger partial charge in [0.2, 0.25) is 5.91 Å². The predicted molar refractivity (Wildman–Crippen MR) is 118 cm³/mol. The lowest BCUT2D eigenvalue weighted by Gasteiger charge is -2.16. The molecule has 2 atom stereocenters. The normalized spacial score (nSPS) is 13.4. The second-order valence-electron chi connectivity index (χ2n) is 7.39. The number of ether oxygens (including phenoxy) is 2. The van der Waals surface area contributed by atoms with Crippen molar-refractivity contribution < 1.29 is 36.8 Å². The lowest BCUT2D eigenvalue weighted by atomic mass is 9.95. The van der Waals surface area contributed by atoms with Crippen LogP contribution >= 0.6 is 0 Å². The molecule has 0 fully saturated rings. The number of anilines is 1. The Morgan fingerprint density at radius 1 is 1.12 bits per heavy atom. The first-order chi connectivity index (χ1) is 15.0. The van der Waals surface area contributed by atoms with E-state index in [-0.39, 0.29) is 29.9 Å². The highest BCUT2D eigenvalue weighted by Crippen LogP contribution is 2.30. The molecule has 0 aliphatic carbocycles. The van der Waals surface area contributed by atoms with Crippen LogP contribution in [0, 0.1) is 5.92 Å². The van der Waals surface area contributed by atoms with Crippen molar-refractivity contribution in [3.8, 4) is 0 Å². The van der Waals surface area contributed by atoms with Crippen molar-refractivity contribution in [2.75, 3.05) is 19.0 Å². The number of rotatable bonds is 11. The van der Waals surface area contributed by atoms with Crippen LogP contribution in [0.15, 0.2) is 41.3 Å². The van der Waals surface area contributed by atoms with Gasteiger partial charge >= 0.3 is 5.97 Å². The molecule has 10 heteroatoms. The molecule has 0 aliphatic heterocycles. The van der Waals surface area contributed by atoms with E-state index in [1.807, 2.05) is 0 Å². The van der Waals surface area contributed by atoms with Crippen molar-refractivity contribution in [3.05, 3.63) is 36.4 Å². The Morgan fingerprint density at radius 3 is 2.44 bits per heavy atom. The Labute approximate surface area is 186 Å². The quantitative estimate of drug-likeness (QED) is 0.294. The van der Waals surface area contributed by atoms with Gasteiger partial charge in [0.05, 0.1) is 12.3 Å². The molecule has 2 rings (SSSR count). The van der Waals surface area contributed by atoms with Crippen LogP contribution in [0.2, 0.25) is 0 Å². The smallest absolute Gasteiger partial charge is 0.334 e. The Hall–Kier alpha value is -2.82. The molecule has 0 bridgehead atoms. The van der Waals surface area contributed by atoms with Crippen molar-refractivity contribution in [2.24, 2.45) is 5.92 Å². The standard InChI is InChI=1S/C22H27NO8S/c1-14(24)17(8-6-12-31-22(26)15(2)30-3)13-20(25)23-19-11-10-16-7-4-5-9-18(16)21(19)32(27,28)29/h4-5,7,9-11,15,17H,6,8,12-13H2,1-3H3,(H,23,25)(H,27,28,29). The van der Waals surface area contributed by atoms with Gasteiger partial charge in [-0.25, -0.2) is 4.79 Å². The molecule has 174 valence electrons. The second-order valence-corrected chi connectivity index (χ2v) is 8.74. The van der Waals surface area contributed by atoms with E-state index in [1.54, 1.807) is 31.2 Å². The maximum atomic E-state index is 12.6. The number of amides is 1. The minimum Gasteiger partial charge on any atom is -0.464 e. The molecule has 0 aliphatic rings. The summed E-state index contributed by atoms with van der Waals surface area (Å²) in [5, 5.41) is 3.34. The number of esters is 1. The molecular formula is C22H27NO8S. The molecule has 32 heavy (non-hydrogen) atoms. The molecule has 0 aromatic heterocycles. The zero-order valence-electron chi connectivity index (χ0n) is 18.2. The van der Waals surface area contributed by atoms with Gasteiger partial charge in [-0.05, 0) is 38.1 Å². The van der Waals surface area contributed by atoms with E-state index in [1.165, 1.54) is 26.2 Å². The lowest BCUT2D eigenvalue weighted by Crippen LogP contribution is -2.24. The summed E-state index contributed by atoms with van der Waals surface area (Å²) in [6.45, 7) is 2.99. The van der Waals surface area contributed by atoms with Crippen LogP contribution in [0.4, 0.5) is 5.69 Å². The fourth-order valence-electron chi connectivity index (χ4n) is 3.21. The number of fused-ring (bicyclic) bond motifs is 1. The van der Waals surface area contributed by atoms with E-state index in [0.717, 1.165) is 0 Å². The minimum atomic E-state index is -4.63. The van der Waals surface area contributed by atoms with Gasteiger partial charge < -0.3 is 14.8 Å². The number of hydrogen-bond donors (Lipinski definition) is 2. The van der Waals surface area contributed by atoms with E-state index >= 15 is 0 Å². The van der Waals surface area contributed by atoms with Crippen molar-refractivity contribution in [1.29, 1.82) is 0 Å². The van der Waals surface area contributed by atoms with Crippen LogP contribution in [0.25, 0.3) is 10.8 Å². The first-order valence-electron chi connectivity index (χ1n) is 10.0. The molecule has 0 saturated heterocycles. The Bertz CT molecular complexity index is 1100. The van der Waals surface area contributed by atoms with Crippen molar-refractivity contribution in [1.82, 2.24) is 0 Å². The molecule has 2 aromatic rings. The van der Waals surface area contributed by atoms with Crippen LogP contribution in [0.1, 0.15) is 33.1 Å². The van der Waals surface area contributed by atoms with Gasteiger partial charge in [0.1, 0.15) is 10.7 Å². The number of carbonyl (C=O) groups excluding carboxylic acids is 3. The summed E-state index contributed by atoms with van der Waals surface area (Å²) in [5.41, 5.74) is -0.0685. The predicted octanol–water partition coefficient (Wildman–Crippen LogP) is 2.98. The number of carbonyl (C=O) groups is 3. The van der Waals surface area contributed by atoms with Crippen molar-refractivity contribution in [3.63, 3.8) is 0 Å². The number of hydrogen-bond acceptors (Lipinski definition) is 7. The monoisotopic (exact) mass is 465 g/mol. The molecule has 0 radical (unpaired) electrons. The third kappa shape index (κ3) is 6.84. The van der Waals surface area contributed by atoms with Gasteiger partial charge in [0.15, 0.2) is 6.10 Å². The van der Waals surface area contributed by atoms with Crippen LogP contribution in [0.5, 0.6) is 0 Å². The Morgan fingerprint density at radius 2 is 1.81 bits per heavy atom. The molecule has 1 amide bonds. The van der Waals surface area contributed by atoms with Crippen molar-refractivity contribution >= 4 is 44.2 Å². The number of ketones is 1. The molecule has 2 aromatic carbocycles. The van der Waals surface area contributed by atoms with Crippen LogP contribution in [-0.2, 0) is 34.0 Å². The van der Waals surface area contributed by atoms with E-state index in [0.29, 0.717) is 18.2 Å². The summed E-state index contributed by atoms with van der Waals surface area (Å²) in [4.78, 5) is 35.7. The van der Waals surface area contributed by atoms with E-state index < -0.39 is 38.9 Å². The number of Topliss-reactive ketones (excluding diaryl/α,β-unsaturated/α-hetero) is 1. The zero-order valence-corrected chi connectivity index (χ0v) is 19.0. The fraction of sp³-hybridized carbons (Fsp3) is 0.409. The lowest BCUT2D eigenvalue weighted by molar-refractivity contribution is -0.154. The van der Waals surface area contributed by atoms with E-state index in [2.05, 4.69) is 5.32 Å². The Kier molecular flexibility index (Phi) is 8.88. The van der Waals surface area contributed by atoms with Gasteiger partial charge in [-0.15, -0.1) is 0 Å². The molecular weight excluding hydrogens is 438 g/mol. The van der Waals surface area contributed by atoms with Gasteiger partial charge in [-0.1, -0.05) is 30.3 Å². The number of benzene rings is 2. The summed E-state index contributed by atoms with van der Waals surface area (Å²) >= 11 is 0. The first kappa shape index (κ1) is 25.4. The highest BCUT2D eigenvalue weighted by atomic mass is 32.2. The average molecular weight is 466 g/mol. The highest BCUT2D eigenvalue weighted by Gasteiger charge is 2.23. The first-order valence-corrected chi connectivity index (χ1v) is 11.5. The summed E-state index contributed by atoms with van der Waals surface area (Å²) in [5.74, 6) is -1.94. The molecule has 0 saturated carbocycles. The third-order valence-corrected chi connectivity index (χ3v) is 6.00. The van der Waals surface area contributed by atoms with Gasteiger partial charge in [-0.2, -0.15) is 8.42 Å².